The molecule has 5 N–H and O–H groups in total. The molecule has 2 aromatic rings. The van der Waals surface area contributed by atoms with Crippen LogP contribution in [0.3, 0.4) is 0 Å². The number of halogens is 2. The summed E-state index contributed by atoms with van der Waals surface area (Å²) in [5.41, 5.74) is -3.48. The number of rotatable bonds is 1. The maximum atomic E-state index is 14.3. The lowest BCUT2D eigenvalue weighted by atomic mass is 10.1. The van der Waals surface area contributed by atoms with Crippen molar-refractivity contribution in [3.63, 3.8) is 0 Å². The van der Waals surface area contributed by atoms with Gasteiger partial charge in [0.2, 0.25) is 5.82 Å². The van der Waals surface area contributed by atoms with Gasteiger partial charge < -0.3 is 19.9 Å². The average molecular weight is 376 g/mol. The third-order valence-electron chi connectivity index (χ3n) is 3.45. The molecule has 0 radical (unpaired) electrons. The van der Waals surface area contributed by atoms with Crippen molar-refractivity contribution < 1.29 is 23.7 Å². The predicted octanol–water partition coefficient (Wildman–Crippen LogP) is -2.54. The van der Waals surface area contributed by atoms with E-state index in [0.29, 0.717) is 10.8 Å². The van der Waals surface area contributed by atoms with Crippen LogP contribution in [0.25, 0.3) is 0 Å². The van der Waals surface area contributed by atoms with Gasteiger partial charge >= 0.3 is 17.4 Å². The summed E-state index contributed by atoms with van der Waals surface area (Å²) in [6.45, 7) is 1.35. The third kappa shape index (κ3) is 3.68. The topological polar surface area (TPSA) is 170 Å². The van der Waals surface area contributed by atoms with E-state index in [2.05, 4.69) is 0 Å². The molecule has 0 amide bonds. The molecule has 3 rings (SSSR count). The van der Waals surface area contributed by atoms with Gasteiger partial charge in [0.05, 0.1) is 6.10 Å². The van der Waals surface area contributed by atoms with Crippen molar-refractivity contribution in [3.05, 3.63) is 66.0 Å². The number of alkyl halides is 1. The summed E-state index contributed by atoms with van der Waals surface area (Å²) in [7, 11) is 0. The van der Waals surface area contributed by atoms with Gasteiger partial charge in [0.1, 0.15) is 6.10 Å². The van der Waals surface area contributed by atoms with E-state index in [1.807, 2.05) is 9.97 Å². The van der Waals surface area contributed by atoms with E-state index in [0.717, 1.165) is 12.3 Å². The second-order valence-corrected chi connectivity index (χ2v) is 5.27. The zero-order valence-electron chi connectivity index (χ0n) is 13.1. The molecule has 0 saturated carbocycles. The van der Waals surface area contributed by atoms with Crippen LogP contribution in [-0.4, -0.2) is 48.0 Å². The van der Waals surface area contributed by atoms with Crippen molar-refractivity contribution in [1.29, 1.82) is 0 Å². The fraction of sp³-hybridized carbons (Fsp3) is 0.385. The Kier molecular flexibility index (Phi) is 5.34. The maximum absolute atomic E-state index is 14.3. The van der Waals surface area contributed by atoms with Gasteiger partial charge in [-0.25, -0.2) is 14.2 Å². The Labute approximate surface area is 141 Å². The first-order valence-corrected chi connectivity index (χ1v) is 7.09. The molecular weight excluding hydrogens is 362 g/mol. The number of aromatic amines is 3. The molecule has 13 heteroatoms. The summed E-state index contributed by atoms with van der Waals surface area (Å²) in [5, 5.41) is 18.9. The van der Waals surface area contributed by atoms with E-state index < -0.39 is 52.6 Å². The third-order valence-corrected chi connectivity index (χ3v) is 3.45. The van der Waals surface area contributed by atoms with Crippen LogP contribution in [-0.2, 0) is 10.7 Å². The number of hydrogen-bond donors (Lipinski definition) is 5. The molecule has 11 nitrogen and oxygen atoms in total. The quantitative estimate of drug-likeness (QED) is 0.365. The Morgan fingerprint density at radius 1 is 1.23 bits per heavy atom. The molecule has 142 valence electrons. The highest BCUT2D eigenvalue weighted by atomic mass is 19.2. The van der Waals surface area contributed by atoms with Gasteiger partial charge in [-0.2, -0.15) is 8.78 Å². The smallest absolute Gasteiger partial charge is 0.332 e. The molecule has 1 aliphatic heterocycles. The highest BCUT2D eigenvalue weighted by Gasteiger charge is 2.55. The van der Waals surface area contributed by atoms with Crippen LogP contribution in [0, 0.1) is 5.82 Å². The van der Waals surface area contributed by atoms with Gasteiger partial charge in [0.15, 0.2) is 6.10 Å². The summed E-state index contributed by atoms with van der Waals surface area (Å²) in [6, 6.07) is 0.911. The second kappa shape index (κ2) is 7.15. The SMILES string of the molecule is C[C@H]1O[C@@](F)(n2ccc(=O)[nH]c2=O)[C@H](O)[C@@H]1O.O=c1[nH]cc(F)c(=O)[nH]1. The van der Waals surface area contributed by atoms with E-state index in [-0.39, 0.29) is 0 Å². The largest absolute Gasteiger partial charge is 0.387 e. The monoisotopic (exact) mass is 376 g/mol. The van der Waals surface area contributed by atoms with E-state index >= 15 is 0 Å². The zero-order chi connectivity index (χ0) is 19.6. The minimum atomic E-state index is -2.89. The molecule has 4 atom stereocenters. The fourth-order valence-corrected chi connectivity index (χ4v) is 2.12. The average Bonchev–Trinajstić information content (AvgIpc) is 2.75. The normalized spacial score (nSPS) is 27.7. The van der Waals surface area contributed by atoms with Crippen molar-refractivity contribution in [2.45, 2.75) is 31.2 Å². The van der Waals surface area contributed by atoms with Crippen molar-refractivity contribution in [3.8, 4) is 0 Å². The van der Waals surface area contributed by atoms with Crippen LogP contribution in [0.15, 0.2) is 37.6 Å². The van der Waals surface area contributed by atoms with E-state index in [9.17, 15) is 38.2 Å². The van der Waals surface area contributed by atoms with Gasteiger partial charge in [0, 0.05) is 18.5 Å². The first-order valence-electron chi connectivity index (χ1n) is 7.09. The van der Waals surface area contributed by atoms with Crippen LogP contribution in [0.4, 0.5) is 8.78 Å². The Bertz CT molecular complexity index is 1010. The Balaban J connectivity index is 0.000000228. The number of aliphatic hydroxyl groups excluding tert-OH is 2. The Hall–Kier alpha value is -2.90. The lowest BCUT2D eigenvalue weighted by Gasteiger charge is -2.24. The predicted molar refractivity (Wildman–Crippen MR) is 80.6 cm³/mol. The number of nitrogens with zero attached hydrogens (tertiary/aromatic N) is 1. The molecule has 0 unspecified atom stereocenters. The molecule has 0 spiro atoms. The standard InChI is InChI=1S/C9H11FN2O5.C4H3FN2O2/c1-4-6(14)7(15)9(10,17-4)12-3-2-5(13)11-8(12)16;5-2-1-6-4(9)7-3(2)8/h2-4,6-7,14-15H,1H3,(H,11,13,16);1H,(H2,6,7,8,9)/t4-,6-,7-,9+;/m1./s1. The van der Waals surface area contributed by atoms with Crippen LogP contribution in [0.2, 0.25) is 0 Å². The maximum Gasteiger partial charge on any atom is 0.332 e. The summed E-state index contributed by atoms with van der Waals surface area (Å²) >= 11 is 0. The first-order chi connectivity index (χ1) is 12.1. The molecule has 1 saturated heterocycles. The molecule has 1 fully saturated rings. The van der Waals surface area contributed by atoms with Crippen molar-refractivity contribution in [1.82, 2.24) is 19.5 Å². The summed E-state index contributed by atoms with van der Waals surface area (Å²) in [5.74, 6) is -3.88. The van der Waals surface area contributed by atoms with Crippen LogP contribution >= 0.6 is 0 Å². The second-order valence-electron chi connectivity index (χ2n) is 5.27. The zero-order valence-corrected chi connectivity index (χ0v) is 13.1. The molecule has 0 bridgehead atoms. The van der Waals surface area contributed by atoms with Gasteiger partial charge in [0.25, 0.3) is 11.1 Å². The molecule has 2 aromatic heterocycles. The summed E-state index contributed by atoms with van der Waals surface area (Å²) < 4.78 is 31.5. The van der Waals surface area contributed by atoms with Gasteiger partial charge in [-0.15, -0.1) is 0 Å². The van der Waals surface area contributed by atoms with Gasteiger partial charge in [-0.3, -0.25) is 19.6 Å². The van der Waals surface area contributed by atoms with Crippen LogP contribution in [0.1, 0.15) is 6.92 Å². The minimum absolute atomic E-state index is 0.395. The molecule has 0 aliphatic carbocycles. The van der Waals surface area contributed by atoms with E-state index in [1.54, 1.807) is 4.98 Å². The minimum Gasteiger partial charge on any atom is -0.387 e. The van der Waals surface area contributed by atoms with E-state index in [4.69, 9.17) is 4.74 Å². The van der Waals surface area contributed by atoms with Crippen molar-refractivity contribution >= 4 is 0 Å². The lowest BCUT2D eigenvalue weighted by molar-refractivity contribution is -0.234. The number of nitrogens with one attached hydrogen (secondary N) is 3. The van der Waals surface area contributed by atoms with Gasteiger partial charge in [-0.1, -0.05) is 0 Å². The van der Waals surface area contributed by atoms with Gasteiger partial charge in [-0.05, 0) is 6.92 Å². The van der Waals surface area contributed by atoms with Crippen molar-refractivity contribution in [2.75, 3.05) is 0 Å². The number of aliphatic hydroxyl groups is 2. The number of aromatic nitrogens is 4. The number of ether oxygens (including phenoxy) is 1. The van der Waals surface area contributed by atoms with Crippen LogP contribution in [0.5, 0.6) is 0 Å². The van der Waals surface area contributed by atoms with Crippen molar-refractivity contribution in [2.24, 2.45) is 0 Å². The highest BCUT2D eigenvalue weighted by Crippen LogP contribution is 2.35. The number of hydrogen-bond acceptors (Lipinski definition) is 7. The highest BCUT2D eigenvalue weighted by molar-refractivity contribution is 4.95. The Morgan fingerprint density at radius 2 is 1.88 bits per heavy atom. The Morgan fingerprint density at radius 3 is 2.35 bits per heavy atom. The summed E-state index contributed by atoms with van der Waals surface area (Å²) in [4.78, 5) is 48.0. The molecule has 0 aromatic carbocycles. The van der Waals surface area contributed by atoms with Crippen LogP contribution < -0.4 is 22.5 Å². The molecular formula is C13H14F2N4O7. The molecule has 3 heterocycles. The van der Waals surface area contributed by atoms with E-state index in [1.165, 1.54) is 6.92 Å². The lowest BCUT2D eigenvalue weighted by Crippen LogP contribution is -2.48. The fourth-order valence-electron chi connectivity index (χ4n) is 2.12. The molecule has 26 heavy (non-hydrogen) atoms. The first kappa shape index (κ1) is 19.4. The molecule has 1 aliphatic rings. The number of H-pyrrole nitrogens is 3. The summed E-state index contributed by atoms with van der Waals surface area (Å²) in [6.07, 6.45) is -2.79.